The molecule has 0 aliphatic rings. The minimum atomic E-state index is -0.442. The van der Waals surface area contributed by atoms with Crippen molar-refractivity contribution < 1.29 is 9.59 Å². The summed E-state index contributed by atoms with van der Waals surface area (Å²) < 4.78 is 0. The van der Waals surface area contributed by atoms with Crippen LogP contribution in [0.5, 0.6) is 0 Å². The highest BCUT2D eigenvalue weighted by molar-refractivity contribution is 5.93. The first kappa shape index (κ1) is 8.94. The van der Waals surface area contributed by atoms with Crippen LogP contribution < -0.4 is 10.6 Å². The molecule has 0 aromatic heterocycles. The van der Waals surface area contributed by atoms with E-state index in [-0.39, 0.29) is 11.9 Å². The van der Waals surface area contributed by atoms with E-state index in [4.69, 9.17) is 0 Å². The van der Waals surface area contributed by atoms with Crippen molar-refractivity contribution in [3.63, 3.8) is 0 Å². The van der Waals surface area contributed by atoms with E-state index in [0.717, 1.165) is 0 Å². The molecular weight excluding hydrogens is 132 g/mol. The molecule has 0 rings (SSSR count). The van der Waals surface area contributed by atoms with E-state index in [1.807, 2.05) is 13.8 Å². The van der Waals surface area contributed by atoms with Gasteiger partial charge in [-0.1, -0.05) is 0 Å². The van der Waals surface area contributed by atoms with Gasteiger partial charge in [0, 0.05) is 13.0 Å². The van der Waals surface area contributed by atoms with Gasteiger partial charge in [0.15, 0.2) is 0 Å². The van der Waals surface area contributed by atoms with Gasteiger partial charge in [-0.2, -0.15) is 0 Å². The molecule has 3 amide bonds. The van der Waals surface area contributed by atoms with Crippen molar-refractivity contribution in [1.82, 2.24) is 10.6 Å². The Labute approximate surface area is 60.0 Å². The van der Waals surface area contributed by atoms with Gasteiger partial charge in [0.2, 0.25) is 5.91 Å². The summed E-state index contributed by atoms with van der Waals surface area (Å²) in [6.07, 6.45) is 0. The molecule has 0 aromatic carbocycles. The molecule has 0 bridgehead atoms. The molecule has 0 aliphatic heterocycles. The lowest BCUT2D eigenvalue weighted by Gasteiger charge is -2.06. The first-order valence-electron chi connectivity index (χ1n) is 3.10. The van der Waals surface area contributed by atoms with Crippen molar-refractivity contribution in [2.45, 2.75) is 26.8 Å². The topological polar surface area (TPSA) is 58.2 Å². The van der Waals surface area contributed by atoms with Gasteiger partial charge in [-0.15, -0.1) is 0 Å². The normalized spacial score (nSPS) is 9.20. The molecule has 10 heavy (non-hydrogen) atoms. The van der Waals surface area contributed by atoms with Gasteiger partial charge < -0.3 is 5.32 Å². The molecular formula is C6H12N2O2. The molecule has 0 fully saturated rings. The van der Waals surface area contributed by atoms with Gasteiger partial charge in [0.1, 0.15) is 0 Å². The molecule has 4 heteroatoms. The standard InChI is InChI=1S/C6H12N2O2/c1-4(2)7-6(10)8-5(3)9/h4H,1-3H3,(H2,7,8,9,10). The Bertz CT molecular complexity index is 143. The van der Waals surface area contributed by atoms with E-state index in [2.05, 4.69) is 10.6 Å². The largest absolute Gasteiger partial charge is 0.336 e. The zero-order chi connectivity index (χ0) is 8.15. The highest BCUT2D eigenvalue weighted by Crippen LogP contribution is 1.75. The molecule has 2 N–H and O–H groups in total. The molecule has 0 radical (unpaired) electrons. The smallest absolute Gasteiger partial charge is 0.321 e. The minimum absolute atomic E-state index is 0.0550. The van der Waals surface area contributed by atoms with Crippen molar-refractivity contribution >= 4 is 11.9 Å². The number of hydrogen-bond donors (Lipinski definition) is 2. The summed E-state index contributed by atoms with van der Waals surface area (Å²) in [5.74, 6) is -0.349. The van der Waals surface area contributed by atoms with E-state index in [1.165, 1.54) is 6.92 Å². The number of carbonyl (C=O) groups is 2. The lowest BCUT2D eigenvalue weighted by molar-refractivity contribution is -0.117. The average molecular weight is 144 g/mol. The Morgan fingerprint density at radius 3 is 2.10 bits per heavy atom. The molecule has 0 saturated carbocycles. The number of carbonyl (C=O) groups excluding carboxylic acids is 2. The van der Waals surface area contributed by atoms with Crippen molar-refractivity contribution in [3.05, 3.63) is 0 Å². The maximum Gasteiger partial charge on any atom is 0.321 e. The van der Waals surface area contributed by atoms with Crippen LogP contribution in [0, 0.1) is 0 Å². The van der Waals surface area contributed by atoms with Crippen LogP contribution in [-0.2, 0) is 4.79 Å². The van der Waals surface area contributed by atoms with E-state index in [9.17, 15) is 9.59 Å². The summed E-state index contributed by atoms with van der Waals surface area (Å²) in [6, 6.07) is -0.387. The van der Waals surface area contributed by atoms with Crippen LogP contribution >= 0.6 is 0 Å². The third-order valence-corrected chi connectivity index (χ3v) is 0.709. The molecule has 0 heterocycles. The Morgan fingerprint density at radius 2 is 1.80 bits per heavy atom. The second-order valence-electron chi connectivity index (χ2n) is 2.31. The second kappa shape index (κ2) is 3.87. The molecule has 0 saturated heterocycles. The van der Waals surface area contributed by atoms with Gasteiger partial charge in [0.05, 0.1) is 0 Å². The van der Waals surface area contributed by atoms with Crippen molar-refractivity contribution in [2.24, 2.45) is 0 Å². The third-order valence-electron chi connectivity index (χ3n) is 0.709. The van der Waals surface area contributed by atoms with Crippen LogP contribution in [0.15, 0.2) is 0 Å². The van der Waals surface area contributed by atoms with Gasteiger partial charge in [-0.05, 0) is 13.8 Å². The Balaban J connectivity index is 3.54. The quantitative estimate of drug-likeness (QED) is 0.554. The molecule has 58 valence electrons. The molecule has 0 aliphatic carbocycles. The zero-order valence-electron chi connectivity index (χ0n) is 6.39. The van der Waals surface area contributed by atoms with Crippen molar-refractivity contribution in [3.8, 4) is 0 Å². The monoisotopic (exact) mass is 144 g/mol. The highest BCUT2D eigenvalue weighted by atomic mass is 16.2. The molecule has 0 atom stereocenters. The first-order valence-corrected chi connectivity index (χ1v) is 3.10. The van der Waals surface area contributed by atoms with Crippen molar-refractivity contribution in [2.75, 3.05) is 0 Å². The van der Waals surface area contributed by atoms with Gasteiger partial charge in [0.25, 0.3) is 0 Å². The van der Waals surface area contributed by atoms with Gasteiger partial charge >= 0.3 is 6.03 Å². The average Bonchev–Trinajstić information content (AvgIpc) is 1.58. The lowest BCUT2D eigenvalue weighted by atomic mass is 10.4. The van der Waals surface area contributed by atoms with Crippen molar-refractivity contribution in [1.29, 1.82) is 0 Å². The minimum Gasteiger partial charge on any atom is -0.336 e. The fraction of sp³-hybridized carbons (Fsp3) is 0.667. The van der Waals surface area contributed by atoms with E-state index in [1.54, 1.807) is 0 Å². The van der Waals surface area contributed by atoms with Crippen LogP contribution in [0.2, 0.25) is 0 Å². The SMILES string of the molecule is CC(=O)NC(=O)NC(C)C. The van der Waals surface area contributed by atoms with Crippen LogP contribution in [-0.4, -0.2) is 18.0 Å². The van der Waals surface area contributed by atoms with Gasteiger partial charge in [-0.3, -0.25) is 10.1 Å². The van der Waals surface area contributed by atoms with Crippen LogP contribution in [0.3, 0.4) is 0 Å². The summed E-state index contributed by atoms with van der Waals surface area (Å²) in [5, 5.41) is 4.59. The van der Waals surface area contributed by atoms with Crippen LogP contribution in [0.4, 0.5) is 4.79 Å². The second-order valence-corrected chi connectivity index (χ2v) is 2.31. The summed E-state index contributed by atoms with van der Waals surface area (Å²) in [6.45, 7) is 4.93. The zero-order valence-corrected chi connectivity index (χ0v) is 6.39. The van der Waals surface area contributed by atoms with E-state index >= 15 is 0 Å². The molecule has 0 spiro atoms. The lowest BCUT2D eigenvalue weighted by Crippen LogP contribution is -2.41. The maximum absolute atomic E-state index is 10.6. The number of nitrogens with one attached hydrogen (secondary N) is 2. The van der Waals surface area contributed by atoms with E-state index in [0.29, 0.717) is 0 Å². The summed E-state index contributed by atoms with van der Waals surface area (Å²) >= 11 is 0. The fourth-order valence-corrected chi connectivity index (χ4v) is 0.458. The molecule has 4 nitrogen and oxygen atoms in total. The number of imide groups is 1. The number of amides is 3. The number of urea groups is 1. The Morgan fingerprint density at radius 1 is 1.30 bits per heavy atom. The Kier molecular flexibility index (Phi) is 3.46. The first-order chi connectivity index (χ1) is 4.52. The third kappa shape index (κ3) is 5.08. The van der Waals surface area contributed by atoms with Gasteiger partial charge in [-0.25, -0.2) is 4.79 Å². The summed E-state index contributed by atoms with van der Waals surface area (Å²) in [7, 11) is 0. The summed E-state index contributed by atoms with van der Waals surface area (Å²) in [4.78, 5) is 20.9. The number of hydrogen-bond acceptors (Lipinski definition) is 2. The predicted octanol–water partition coefficient (Wildman–Crippen LogP) is 0.240. The highest BCUT2D eigenvalue weighted by Gasteiger charge is 2.02. The summed E-state index contributed by atoms with van der Waals surface area (Å²) in [5.41, 5.74) is 0. The Hall–Kier alpha value is -1.06. The maximum atomic E-state index is 10.6. The fourth-order valence-electron chi connectivity index (χ4n) is 0.458. The number of rotatable bonds is 1. The molecule has 0 unspecified atom stereocenters. The molecule has 0 aromatic rings. The van der Waals surface area contributed by atoms with Crippen LogP contribution in [0.25, 0.3) is 0 Å². The predicted molar refractivity (Wildman–Crippen MR) is 37.5 cm³/mol. The van der Waals surface area contributed by atoms with Crippen LogP contribution in [0.1, 0.15) is 20.8 Å². The van der Waals surface area contributed by atoms with E-state index < -0.39 is 6.03 Å².